The molecule has 1 atom stereocenters. The number of benzene rings is 2. The molecule has 0 fully saturated rings. The van der Waals surface area contributed by atoms with Gasteiger partial charge in [-0.1, -0.05) is 30.3 Å². The van der Waals surface area contributed by atoms with Gasteiger partial charge in [-0.3, -0.25) is 4.79 Å². The highest BCUT2D eigenvalue weighted by atomic mass is 32.1. The van der Waals surface area contributed by atoms with Crippen LogP contribution < -0.4 is 0 Å². The van der Waals surface area contributed by atoms with E-state index in [-0.39, 0.29) is 11.9 Å². The molecule has 0 saturated heterocycles. The molecular weight excluding hydrogens is 356 g/mol. The van der Waals surface area contributed by atoms with Crippen LogP contribution >= 0.6 is 11.3 Å². The Hall–Kier alpha value is -2.99. The summed E-state index contributed by atoms with van der Waals surface area (Å²) in [6.45, 7) is 2.02. The summed E-state index contributed by atoms with van der Waals surface area (Å²) >= 11 is 1.64. The maximum atomic E-state index is 12.8. The van der Waals surface area contributed by atoms with Gasteiger partial charge in [-0.05, 0) is 36.8 Å². The van der Waals surface area contributed by atoms with Crippen molar-refractivity contribution in [2.24, 2.45) is 0 Å². The Bertz CT molecular complexity index is 1040. The summed E-state index contributed by atoms with van der Waals surface area (Å²) in [4.78, 5) is 19.2. The SMILES string of the molecule is CC(c1nc2ccccc2s1)N(C)C(=O)Cc1cnn(-c2ccccc2)c1. The second-order valence-corrected chi connectivity index (χ2v) is 7.57. The van der Waals surface area contributed by atoms with Gasteiger partial charge in [0.05, 0.1) is 34.6 Å². The van der Waals surface area contributed by atoms with Crippen LogP contribution in [0.15, 0.2) is 67.0 Å². The Balaban J connectivity index is 1.47. The van der Waals surface area contributed by atoms with Crippen LogP contribution in [0, 0.1) is 0 Å². The molecule has 0 saturated carbocycles. The first-order valence-electron chi connectivity index (χ1n) is 8.82. The second-order valence-electron chi connectivity index (χ2n) is 6.51. The van der Waals surface area contributed by atoms with E-state index in [1.54, 1.807) is 27.1 Å². The number of nitrogens with zero attached hydrogens (tertiary/aromatic N) is 4. The highest BCUT2D eigenvalue weighted by Gasteiger charge is 2.21. The quantitative estimate of drug-likeness (QED) is 0.523. The molecule has 0 N–H and O–H groups in total. The second kappa shape index (κ2) is 7.32. The van der Waals surface area contributed by atoms with Gasteiger partial charge < -0.3 is 4.90 Å². The fourth-order valence-corrected chi connectivity index (χ4v) is 3.99. The predicted octanol–water partition coefficient (Wildman–Crippen LogP) is 4.24. The minimum atomic E-state index is -0.0703. The van der Waals surface area contributed by atoms with Crippen molar-refractivity contribution < 1.29 is 4.79 Å². The van der Waals surface area contributed by atoms with Gasteiger partial charge in [0.1, 0.15) is 5.01 Å². The Morgan fingerprint density at radius 1 is 1.15 bits per heavy atom. The average molecular weight is 376 g/mol. The lowest BCUT2D eigenvalue weighted by molar-refractivity contribution is -0.131. The molecule has 0 aliphatic heterocycles. The molecule has 6 heteroatoms. The maximum absolute atomic E-state index is 12.8. The van der Waals surface area contributed by atoms with Crippen LogP contribution in [-0.4, -0.2) is 32.6 Å². The van der Waals surface area contributed by atoms with Crippen LogP contribution in [0.1, 0.15) is 23.5 Å². The predicted molar refractivity (Wildman–Crippen MR) is 108 cm³/mol. The highest BCUT2D eigenvalue weighted by Crippen LogP contribution is 2.29. The van der Waals surface area contributed by atoms with Crippen LogP contribution in [0.25, 0.3) is 15.9 Å². The Labute approximate surface area is 161 Å². The fourth-order valence-electron chi connectivity index (χ4n) is 2.92. The summed E-state index contributed by atoms with van der Waals surface area (Å²) in [7, 11) is 1.83. The van der Waals surface area contributed by atoms with E-state index in [1.165, 1.54) is 0 Å². The van der Waals surface area contributed by atoms with Gasteiger partial charge in [-0.2, -0.15) is 5.10 Å². The third-order valence-corrected chi connectivity index (χ3v) is 5.86. The molecule has 0 spiro atoms. The number of carbonyl (C=O) groups excluding carboxylic acids is 1. The van der Waals surface area contributed by atoms with Gasteiger partial charge in [0.2, 0.25) is 5.91 Å². The van der Waals surface area contributed by atoms with Crippen molar-refractivity contribution >= 4 is 27.5 Å². The molecular formula is C21H20N4OS. The Morgan fingerprint density at radius 2 is 1.89 bits per heavy atom. The van der Waals surface area contributed by atoms with Crippen molar-refractivity contribution in [3.63, 3.8) is 0 Å². The van der Waals surface area contributed by atoms with Crippen molar-refractivity contribution in [2.45, 2.75) is 19.4 Å². The number of thiazole rings is 1. The van der Waals surface area contributed by atoms with Gasteiger partial charge >= 0.3 is 0 Å². The van der Waals surface area contributed by atoms with E-state index in [9.17, 15) is 4.79 Å². The summed E-state index contributed by atoms with van der Waals surface area (Å²) in [6.07, 6.45) is 3.98. The first-order valence-corrected chi connectivity index (χ1v) is 9.63. The Morgan fingerprint density at radius 3 is 2.67 bits per heavy atom. The number of hydrogen-bond donors (Lipinski definition) is 0. The molecule has 1 unspecified atom stereocenters. The topological polar surface area (TPSA) is 51.0 Å². The first kappa shape index (κ1) is 17.4. The number of likely N-dealkylation sites (N-methyl/N-ethyl adjacent to an activating group) is 1. The van der Waals surface area contributed by atoms with Crippen LogP contribution in [0.2, 0.25) is 0 Å². The van der Waals surface area contributed by atoms with Crippen molar-refractivity contribution in [3.8, 4) is 5.69 Å². The van der Waals surface area contributed by atoms with Gasteiger partial charge in [0, 0.05) is 13.2 Å². The standard InChI is InChI=1S/C21H20N4OS/c1-15(21-23-18-10-6-7-11-19(18)27-21)24(2)20(26)12-16-13-22-25(14-16)17-8-4-3-5-9-17/h3-11,13-15H,12H2,1-2H3. The maximum Gasteiger partial charge on any atom is 0.227 e. The van der Waals surface area contributed by atoms with Crippen molar-refractivity contribution in [1.29, 1.82) is 0 Å². The van der Waals surface area contributed by atoms with E-state index in [2.05, 4.69) is 16.1 Å². The first-order chi connectivity index (χ1) is 13.1. The molecule has 136 valence electrons. The number of carbonyl (C=O) groups is 1. The minimum absolute atomic E-state index is 0.0503. The lowest BCUT2D eigenvalue weighted by Gasteiger charge is -2.23. The van der Waals surface area contributed by atoms with E-state index in [0.717, 1.165) is 26.5 Å². The molecule has 27 heavy (non-hydrogen) atoms. The van der Waals surface area contributed by atoms with Gasteiger partial charge in [-0.25, -0.2) is 9.67 Å². The third kappa shape index (κ3) is 3.61. The molecule has 2 aromatic heterocycles. The normalized spacial score (nSPS) is 12.2. The van der Waals surface area contributed by atoms with Crippen LogP contribution in [-0.2, 0) is 11.2 Å². The van der Waals surface area contributed by atoms with Gasteiger partial charge in [0.15, 0.2) is 0 Å². The molecule has 0 bridgehead atoms. The molecule has 0 radical (unpaired) electrons. The summed E-state index contributed by atoms with van der Waals surface area (Å²) in [6, 6.07) is 17.9. The lowest BCUT2D eigenvalue weighted by atomic mass is 10.2. The number of amides is 1. The van der Waals surface area contributed by atoms with E-state index in [4.69, 9.17) is 0 Å². The molecule has 1 amide bonds. The number of fused-ring (bicyclic) bond motifs is 1. The van der Waals surface area contributed by atoms with Crippen LogP contribution in [0.4, 0.5) is 0 Å². The zero-order valence-electron chi connectivity index (χ0n) is 15.2. The smallest absolute Gasteiger partial charge is 0.227 e. The summed E-state index contributed by atoms with van der Waals surface area (Å²) < 4.78 is 2.93. The molecule has 4 aromatic rings. The fraction of sp³-hybridized carbons (Fsp3) is 0.190. The van der Waals surface area contributed by atoms with Crippen LogP contribution in [0.3, 0.4) is 0 Å². The van der Waals surface area contributed by atoms with Gasteiger partial charge in [-0.15, -0.1) is 11.3 Å². The zero-order valence-corrected chi connectivity index (χ0v) is 16.1. The van der Waals surface area contributed by atoms with Crippen LogP contribution in [0.5, 0.6) is 0 Å². The summed E-state index contributed by atoms with van der Waals surface area (Å²) in [5.74, 6) is 0.0503. The highest BCUT2D eigenvalue weighted by molar-refractivity contribution is 7.18. The van der Waals surface area contributed by atoms with E-state index in [0.29, 0.717) is 6.42 Å². The summed E-state index contributed by atoms with van der Waals surface area (Å²) in [5, 5.41) is 5.32. The molecule has 4 rings (SSSR count). The van der Waals surface area contributed by atoms with Crippen molar-refractivity contribution in [1.82, 2.24) is 19.7 Å². The minimum Gasteiger partial charge on any atom is -0.336 e. The molecule has 2 aromatic carbocycles. The molecule has 2 heterocycles. The number of aromatic nitrogens is 3. The molecule has 0 aliphatic carbocycles. The molecule has 5 nitrogen and oxygen atoms in total. The third-order valence-electron chi connectivity index (χ3n) is 4.65. The van der Waals surface area contributed by atoms with E-state index >= 15 is 0 Å². The summed E-state index contributed by atoms with van der Waals surface area (Å²) in [5.41, 5.74) is 2.86. The number of para-hydroxylation sites is 2. The van der Waals surface area contributed by atoms with Crippen molar-refractivity contribution in [2.75, 3.05) is 7.05 Å². The van der Waals surface area contributed by atoms with E-state index < -0.39 is 0 Å². The number of hydrogen-bond acceptors (Lipinski definition) is 4. The van der Waals surface area contributed by atoms with E-state index in [1.807, 2.05) is 68.7 Å². The Kier molecular flexibility index (Phi) is 4.73. The number of rotatable bonds is 5. The molecule has 0 aliphatic rings. The van der Waals surface area contributed by atoms with Gasteiger partial charge in [0.25, 0.3) is 0 Å². The lowest BCUT2D eigenvalue weighted by Crippen LogP contribution is -2.30. The zero-order chi connectivity index (χ0) is 18.8. The van der Waals surface area contributed by atoms with Crippen molar-refractivity contribution in [3.05, 3.63) is 77.6 Å². The average Bonchev–Trinajstić information content (AvgIpc) is 3.34. The monoisotopic (exact) mass is 376 g/mol. The largest absolute Gasteiger partial charge is 0.336 e.